The third kappa shape index (κ3) is 4.83. The van der Waals surface area contributed by atoms with E-state index in [1.807, 2.05) is 0 Å². The van der Waals surface area contributed by atoms with Gasteiger partial charge in [0.2, 0.25) is 11.8 Å². The van der Waals surface area contributed by atoms with Crippen LogP contribution in [0, 0.1) is 0 Å². The maximum absolute atomic E-state index is 12.4. The predicted molar refractivity (Wildman–Crippen MR) is 121 cm³/mol. The van der Waals surface area contributed by atoms with E-state index in [2.05, 4.69) is 20.3 Å². The first-order valence-corrected chi connectivity index (χ1v) is 12.7. The van der Waals surface area contributed by atoms with Crippen LogP contribution in [-0.2, 0) is 15.1 Å². The van der Waals surface area contributed by atoms with Gasteiger partial charge in [-0.3, -0.25) is 10.1 Å². The van der Waals surface area contributed by atoms with Gasteiger partial charge < -0.3 is 24.1 Å². The molecule has 2 bridgehead atoms. The van der Waals surface area contributed by atoms with Crippen LogP contribution >= 0.6 is 11.6 Å². The van der Waals surface area contributed by atoms with Crippen LogP contribution < -0.4 is 10.1 Å². The highest BCUT2D eigenvalue weighted by molar-refractivity contribution is 6.30. The number of fused-ring (bicyclic) bond motifs is 4. The van der Waals surface area contributed by atoms with Crippen LogP contribution in [0.2, 0.25) is 5.02 Å². The molecule has 202 valence electrons. The summed E-state index contributed by atoms with van der Waals surface area (Å²) in [5.41, 5.74) is -0.628. The average molecular weight is 546 g/mol. The number of rotatable bonds is 6. The summed E-state index contributed by atoms with van der Waals surface area (Å²) >= 11 is 6.02. The van der Waals surface area contributed by atoms with Crippen LogP contribution in [0.5, 0.6) is 5.75 Å². The smallest absolute Gasteiger partial charge is 0.486 e. The molecule has 2 saturated carbocycles. The molecule has 1 aromatic heterocycles. The van der Waals surface area contributed by atoms with Crippen molar-refractivity contribution < 1.29 is 42.0 Å². The van der Waals surface area contributed by atoms with Gasteiger partial charge in [0.25, 0.3) is 0 Å². The number of nitrogens with zero attached hydrogens (tertiary/aromatic N) is 2. The zero-order chi connectivity index (χ0) is 26.0. The number of aliphatic hydroxyl groups excluding tert-OH is 2. The molecular formula is C24H27ClF3N3O6. The number of alkyl halides is 3. The maximum atomic E-state index is 12.4. The van der Waals surface area contributed by atoms with E-state index in [9.17, 15) is 23.4 Å². The van der Waals surface area contributed by atoms with Gasteiger partial charge in [-0.25, -0.2) is 0 Å². The Labute approximate surface area is 215 Å². The second-order valence-corrected chi connectivity index (χ2v) is 11.0. The molecule has 3 N–H and O–H groups in total. The Bertz CT molecular complexity index is 1130. The van der Waals surface area contributed by atoms with E-state index in [0.29, 0.717) is 60.4 Å². The van der Waals surface area contributed by atoms with Gasteiger partial charge in [0, 0.05) is 28.5 Å². The fourth-order valence-corrected chi connectivity index (χ4v) is 6.02. The summed E-state index contributed by atoms with van der Waals surface area (Å²) in [5, 5.41) is 33.5. The predicted octanol–water partition coefficient (Wildman–Crippen LogP) is 3.84. The Morgan fingerprint density at radius 2 is 1.89 bits per heavy atom. The highest BCUT2D eigenvalue weighted by atomic mass is 35.5. The second-order valence-electron chi connectivity index (χ2n) is 10.5. The van der Waals surface area contributed by atoms with Gasteiger partial charge in [-0.2, -0.15) is 0 Å². The standard InChI is InChI=1S/C24H27ClF3N3O6/c25-13-1-2-17-15(9-13)16(32)10-18(35-17)19(33)29-22-3-5-23(6-4-22,34-11-22)21-31-30-20(36-21)12-7-14(8-12)37-24(26,27)28/h1-2,9,12,14,16,18-19,29,32-33H,3-8,10-11H2. The minimum absolute atomic E-state index is 0.176. The molecule has 1 aromatic carbocycles. The van der Waals surface area contributed by atoms with Gasteiger partial charge in [0.05, 0.1) is 18.8 Å². The normalized spacial score (nSPS) is 35.9. The number of benzene rings is 1. The van der Waals surface area contributed by atoms with E-state index >= 15 is 0 Å². The first-order valence-electron chi connectivity index (χ1n) is 12.4. The van der Waals surface area contributed by atoms with Crippen LogP contribution in [0.15, 0.2) is 22.6 Å². The SMILES string of the molecule is OC1CC(C(O)NC23CCC(c4nnc(C5CC(OC(F)(F)F)C5)o4)(CC2)OC3)Oc2ccc(Cl)cc21. The molecular weight excluding hydrogens is 519 g/mol. The van der Waals surface area contributed by atoms with E-state index in [0.717, 1.165) is 0 Å². The van der Waals surface area contributed by atoms with Crippen molar-refractivity contribution in [1.82, 2.24) is 15.5 Å². The van der Waals surface area contributed by atoms with Crippen LogP contribution in [0.25, 0.3) is 0 Å². The first kappa shape index (κ1) is 25.3. The van der Waals surface area contributed by atoms with Crippen molar-refractivity contribution in [3.63, 3.8) is 0 Å². The van der Waals surface area contributed by atoms with Gasteiger partial charge >= 0.3 is 6.36 Å². The zero-order valence-electron chi connectivity index (χ0n) is 19.7. The minimum atomic E-state index is -4.65. The number of hydrogen-bond acceptors (Lipinski definition) is 9. The molecule has 2 aromatic rings. The molecule has 0 amide bonds. The van der Waals surface area contributed by atoms with E-state index in [4.69, 9.17) is 25.5 Å². The van der Waals surface area contributed by atoms with Crippen LogP contribution in [0.4, 0.5) is 13.2 Å². The second kappa shape index (κ2) is 9.06. The van der Waals surface area contributed by atoms with Gasteiger partial charge in [-0.05, 0) is 56.7 Å². The lowest BCUT2D eigenvalue weighted by Crippen LogP contribution is -2.65. The number of nitrogens with one attached hydrogen (secondary N) is 1. The van der Waals surface area contributed by atoms with Crippen molar-refractivity contribution >= 4 is 11.6 Å². The molecule has 0 spiro atoms. The van der Waals surface area contributed by atoms with E-state index in [-0.39, 0.29) is 25.2 Å². The van der Waals surface area contributed by atoms with Crippen molar-refractivity contribution in [3.8, 4) is 5.75 Å². The number of ether oxygens (including phenoxy) is 3. The summed E-state index contributed by atoms with van der Waals surface area (Å²) in [6.07, 6.45) is -4.97. The molecule has 4 fully saturated rings. The molecule has 13 heteroatoms. The van der Waals surface area contributed by atoms with Crippen molar-refractivity contribution in [2.45, 2.75) is 92.9 Å². The van der Waals surface area contributed by atoms with Gasteiger partial charge in [-0.15, -0.1) is 23.4 Å². The van der Waals surface area contributed by atoms with Crippen molar-refractivity contribution in [1.29, 1.82) is 0 Å². The zero-order valence-corrected chi connectivity index (χ0v) is 20.5. The summed E-state index contributed by atoms with van der Waals surface area (Å²) in [6.45, 7) is 0.300. The quantitative estimate of drug-likeness (QED) is 0.465. The summed E-state index contributed by atoms with van der Waals surface area (Å²) in [7, 11) is 0. The Balaban J connectivity index is 1.06. The highest BCUT2D eigenvalue weighted by Crippen LogP contribution is 2.50. The largest absolute Gasteiger partial charge is 0.522 e. The number of hydrogen-bond donors (Lipinski definition) is 3. The Kier molecular flexibility index (Phi) is 6.20. The molecule has 2 aliphatic carbocycles. The Morgan fingerprint density at radius 1 is 1.14 bits per heavy atom. The third-order valence-electron chi connectivity index (χ3n) is 8.09. The molecule has 5 aliphatic rings. The fraction of sp³-hybridized carbons (Fsp3) is 0.667. The van der Waals surface area contributed by atoms with Crippen molar-refractivity contribution in [3.05, 3.63) is 40.6 Å². The lowest BCUT2D eigenvalue weighted by molar-refractivity contribution is -0.352. The highest BCUT2D eigenvalue weighted by Gasteiger charge is 2.55. The van der Waals surface area contributed by atoms with Crippen molar-refractivity contribution in [2.75, 3.05) is 6.61 Å². The summed E-state index contributed by atoms with van der Waals surface area (Å²) in [5.74, 6) is 0.871. The van der Waals surface area contributed by atoms with Gasteiger partial charge in [-0.1, -0.05) is 11.6 Å². The van der Waals surface area contributed by atoms with Crippen LogP contribution in [0.1, 0.15) is 74.3 Å². The molecule has 37 heavy (non-hydrogen) atoms. The van der Waals surface area contributed by atoms with E-state index < -0.39 is 42.0 Å². The topological polar surface area (TPSA) is 119 Å². The Hall–Kier alpha value is -1.96. The molecule has 3 unspecified atom stereocenters. The lowest BCUT2D eigenvalue weighted by Gasteiger charge is -2.53. The van der Waals surface area contributed by atoms with Gasteiger partial charge in [0.15, 0.2) is 0 Å². The fourth-order valence-electron chi connectivity index (χ4n) is 5.84. The average Bonchev–Trinajstić information content (AvgIpc) is 3.32. The summed E-state index contributed by atoms with van der Waals surface area (Å²) in [4.78, 5) is 0. The number of aromatic nitrogens is 2. The lowest BCUT2D eigenvalue weighted by atomic mass is 9.71. The van der Waals surface area contributed by atoms with Crippen LogP contribution in [-0.4, -0.2) is 57.4 Å². The van der Waals surface area contributed by atoms with E-state index in [1.54, 1.807) is 18.2 Å². The monoisotopic (exact) mass is 545 g/mol. The first-order chi connectivity index (χ1) is 17.5. The minimum Gasteiger partial charge on any atom is -0.486 e. The molecule has 4 heterocycles. The van der Waals surface area contributed by atoms with Crippen LogP contribution in [0.3, 0.4) is 0 Å². The third-order valence-corrected chi connectivity index (χ3v) is 8.32. The number of halogens is 4. The molecule has 7 rings (SSSR count). The summed E-state index contributed by atoms with van der Waals surface area (Å²) < 4.78 is 59.2. The Morgan fingerprint density at radius 3 is 2.57 bits per heavy atom. The molecule has 3 atom stereocenters. The molecule has 0 radical (unpaired) electrons. The van der Waals surface area contributed by atoms with Crippen molar-refractivity contribution in [2.24, 2.45) is 0 Å². The van der Waals surface area contributed by atoms with E-state index in [1.165, 1.54) is 0 Å². The number of aliphatic hydroxyl groups is 2. The molecule has 3 aliphatic heterocycles. The molecule has 9 nitrogen and oxygen atoms in total. The maximum Gasteiger partial charge on any atom is 0.522 e. The van der Waals surface area contributed by atoms with Gasteiger partial charge in [0.1, 0.15) is 23.7 Å². The summed E-state index contributed by atoms with van der Waals surface area (Å²) in [6, 6.07) is 5.02. The molecule has 2 saturated heterocycles.